The molecule has 9 heteroatoms. The summed E-state index contributed by atoms with van der Waals surface area (Å²) in [6, 6.07) is 13.3. The summed E-state index contributed by atoms with van der Waals surface area (Å²) in [4.78, 5) is 37.4. The van der Waals surface area contributed by atoms with Gasteiger partial charge in [0.2, 0.25) is 5.91 Å². The van der Waals surface area contributed by atoms with Crippen LogP contribution in [0.3, 0.4) is 0 Å². The second-order valence-corrected chi connectivity index (χ2v) is 6.75. The molecule has 1 atom stereocenters. The third-order valence-electron chi connectivity index (χ3n) is 3.71. The van der Waals surface area contributed by atoms with Crippen molar-refractivity contribution in [1.82, 2.24) is 0 Å². The van der Waals surface area contributed by atoms with Gasteiger partial charge in [0.1, 0.15) is 5.25 Å². The standard InChI is InChI=1S/C17H14N4O4S/c18-17-20-16(23)14(26-17)9-15(22)19-12-5-1-10(2-6-12)11-3-7-13(8-4-11)21(24)25/h1-8,14H,9H2,(H,19,22)(H2,18,20,23). The van der Waals surface area contributed by atoms with E-state index in [9.17, 15) is 19.7 Å². The zero-order chi connectivity index (χ0) is 18.7. The number of rotatable bonds is 5. The normalized spacial score (nSPS) is 16.2. The van der Waals surface area contributed by atoms with Crippen LogP contribution in [-0.2, 0) is 9.59 Å². The molecule has 0 bridgehead atoms. The molecule has 132 valence electrons. The molecular weight excluding hydrogens is 356 g/mol. The maximum Gasteiger partial charge on any atom is 0.269 e. The molecule has 0 radical (unpaired) electrons. The highest BCUT2D eigenvalue weighted by atomic mass is 32.2. The summed E-state index contributed by atoms with van der Waals surface area (Å²) in [5.41, 5.74) is 7.77. The SMILES string of the molecule is NC1=NC(=O)C(CC(=O)Nc2ccc(-c3ccc([N+](=O)[O-])cc3)cc2)S1. The van der Waals surface area contributed by atoms with Crippen LogP contribution in [0.5, 0.6) is 0 Å². The Morgan fingerprint density at radius 3 is 2.23 bits per heavy atom. The number of hydrogen-bond donors (Lipinski definition) is 2. The minimum atomic E-state index is -0.575. The van der Waals surface area contributed by atoms with Gasteiger partial charge in [-0.2, -0.15) is 4.99 Å². The molecule has 2 aromatic carbocycles. The van der Waals surface area contributed by atoms with Crippen molar-refractivity contribution in [3.8, 4) is 11.1 Å². The number of thioether (sulfide) groups is 1. The minimum absolute atomic E-state index is 0.00218. The topological polar surface area (TPSA) is 128 Å². The van der Waals surface area contributed by atoms with Gasteiger partial charge >= 0.3 is 0 Å². The number of nitrogens with two attached hydrogens (primary N) is 1. The average molecular weight is 370 g/mol. The third kappa shape index (κ3) is 4.06. The number of carbonyl (C=O) groups is 2. The van der Waals surface area contributed by atoms with Crippen molar-refractivity contribution in [3.63, 3.8) is 0 Å². The fraction of sp³-hybridized carbons (Fsp3) is 0.118. The molecule has 1 aliphatic heterocycles. The van der Waals surface area contributed by atoms with Crippen LogP contribution in [0.4, 0.5) is 11.4 Å². The number of amidine groups is 1. The van der Waals surface area contributed by atoms with Crippen molar-refractivity contribution >= 4 is 40.1 Å². The van der Waals surface area contributed by atoms with Gasteiger partial charge in [-0.25, -0.2) is 0 Å². The van der Waals surface area contributed by atoms with Crippen LogP contribution >= 0.6 is 11.8 Å². The van der Waals surface area contributed by atoms with Crippen molar-refractivity contribution in [2.75, 3.05) is 5.32 Å². The molecule has 2 aromatic rings. The van der Waals surface area contributed by atoms with Crippen LogP contribution in [0.1, 0.15) is 6.42 Å². The van der Waals surface area contributed by atoms with Crippen molar-refractivity contribution in [1.29, 1.82) is 0 Å². The van der Waals surface area contributed by atoms with Gasteiger partial charge in [-0.1, -0.05) is 23.9 Å². The van der Waals surface area contributed by atoms with Crippen LogP contribution in [0.15, 0.2) is 53.5 Å². The molecule has 1 heterocycles. The molecule has 3 rings (SSSR count). The molecule has 3 N–H and O–H groups in total. The fourth-order valence-electron chi connectivity index (χ4n) is 2.43. The van der Waals surface area contributed by atoms with Crippen molar-refractivity contribution < 1.29 is 14.5 Å². The molecule has 1 unspecified atom stereocenters. The molecule has 0 aliphatic carbocycles. The lowest BCUT2D eigenvalue weighted by Crippen LogP contribution is -2.21. The van der Waals surface area contributed by atoms with Gasteiger partial charge in [0.15, 0.2) is 5.17 Å². The van der Waals surface area contributed by atoms with Crippen LogP contribution in [0.25, 0.3) is 11.1 Å². The summed E-state index contributed by atoms with van der Waals surface area (Å²) in [7, 11) is 0. The second kappa shape index (κ2) is 7.36. The lowest BCUT2D eigenvalue weighted by atomic mass is 10.1. The first kappa shape index (κ1) is 17.6. The Morgan fingerprint density at radius 1 is 1.15 bits per heavy atom. The van der Waals surface area contributed by atoms with E-state index in [-0.39, 0.29) is 23.2 Å². The number of nitrogens with one attached hydrogen (secondary N) is 1. The lowest BCUT2D eigenvalue weighted by molar-refractivity contribution is -0.384. The van der Waals surface area contributed by atoms with E-state index in [1.54, 1.807) is 36.4 Å². The number of amides is 2. The number of carbonyl (C=O) groups excluding carboxylic acids is 2. The Hall–Kier alpha value is -3.20. The summed E-state index contributed by atoms with van der Waals surface area (Å²) in [5, 5.41) is 13.0. The maximum atomic E-state index is 12.0. The van der Waals surface area contributed by atoms with Crippen LogP contribution in [-0.4, -0.2) is 27.2 Å². The predicted octanol–water partition coefficient (Wildman–Crippen LogP) is 2.55. The Morgan fingerprint density at radius 2 is 1.73 bits per heavy atom. The van der Waals surface area contributed by atoms with Crippen molar-refractivity contribution in [3.05, 3.63) is 58.6 Å². The summed E-state index contributed by atoms with van der Waals surface area (Å²) < 4.78 is 0. The summed E-state index contributed by atoms with van der Waals surface area (Å²) in [6.07, 6.45) is -0.00218. The second-order valence-electron chi connectivity index (χ2n) is 5.53. The molecular formula is C17H14N4O4S. The van der Waals surface area contributed by atoms with E-state index in [0.717, 1.165) is 22.9 Å². The van der Waals surface area contributed by atoms with Crippen molar-refractivity contribution in [2.24, 2.45) is 10.7 Å². The first-order valence-corrected chi connectivity index (χ1v) is 8.50. The number of non-ortho nitro benzene ring substituents is 1. The van der Waals surface area contributed by atoms with Gasteiger partial charge in [-0.05, 0) is 35.4 Å². The Labute approximate surface area is 152 Å². The Balaban J connectivity index is 1.61. The van der Waals surface area contributed by atoms with Crippen LogP contribution in [0.2, 0.25) is 0 Å². The third-order valence-corrected chi connectivity index (χ3v) is 4.70. The quantitative estimate of drug-likeness (QED) is 0.615. The van der Waals surface area contributed by atoms with E-state index in [1.165, 1.54) is 12.1 Å². The van der Waals surface area contributed by atoms with E-state index in [0.29, 0.717) is 5.69 Å². The van der Waals surface area contributed by atoms with E-state index in [2.05, 4.69) is 10.3 Å². The summed E-state index contributed by atoms with van der Waals surface area (Å²) in [6.45, 7) is 0. The van der Waals surface area contributed by atoms with E-state index in [4.69, 9.17) is 5.73 Å². The zero-order valence-electron chi connectivity index (χ0n) is 13.4. The minimum Gasteiger partial charge on any atom is -0.378 e. The van der Waals surface area contributed by atoms with Gasteiger partial charge in [0.05, 0.1) is 4.92 Å². The van der Waals surface area contributed by atoms with Crippen molar-refractivity contribution in [2.45, 2.75) is 11.7 Å². The highest BCUT2D eigenvalue weighted by molar-refractivity contribution is 8.15. The molecule has 1 aliphatic rings. The smallest absolute Gasteiger partial charge is 0.269 e. The Bertz CT molecular complexity index is 894. The van der Waals surface area contributed by atoms with Gasteiger partial charge in [-0.15, -0.1) is 0 Å². The monoisotopic (exact) mass is 370 g/mol. The highest BCUT2D eigenvalue weighted by Gasteiger charge is 2.29. The maximum absolute atomic E-state index is 12.0. The largest absolute Gasteiger partial charge is 0.378 e. The first-order valence-electron chi connectivity index (χ1n) is 7.62. The highest BCUT2D eigenvalue weighted by Crippen LogP contribution is 2.25. The number of nitro benzene ring substituents is 1. The predicted molar refractivity (Wildman–Crippen MR) is 99.8 cm³/mol. The number of nitro groups is 1. The molecule has 8 nitrogen and oxygen atoms in total. The molecule has 0 aromatic heterocycles. The number of benzene rings is 2. The van der Waals surface area contributed by atoms with E-state index in [1.807, 2.05) is 0 Å². The molecule has 0 saturated carbocycles. The number of nitrogens with zero attached hydrogens (tertiary/aromatic N) is 2. The summed E-state index contributed by atoms with van der Waals surface area (Å²) in [5.74, 6) is -0.694. The molecule has 2 amide bonds. The summed E-state index contributed by atoms with van der Waals surface area (Å²) >= 11 is 1.08. The number of hydrogen-bond acceptors (Lipinski definition) is 6. The van der Waals surface area contributed by atoms with Gasteiger partial charge in [-0.3, -0.25) is 19.7 Å². The molecule has 26 heavy (non-hydrogen) atoms. The van der Waals surface area contributed by atoms with Crippen LogP contribution < -0.4 is 11.1 Å². The number of aliphatic imine (C=N–C) groups is 1. The molecule has 0 saturated heterocycles. The van der Waals surface area contributed by atoms with Gasteiger partial charge in [0, 0.05) is 24.2 Å². The van der Waals surface area contributed by atoms with E-state index >= 15 is 0 Å². The molecule has 0 fully saturated rings. The molecule has 0 spiro atoms. The first-order chi connectivity index (χ1) is 12.4. The van der Waals surface area contributed by atoms with E-state index < -0.39 is 16.1 Å². The zero-order valence-corrected chi connectivity index (χ0v) is 14.2. The average Bonchev–Trinajstić information content (AvgIpc) is 2.92. The fourth-order valence-corrected chi connectivity index (χ4v) is 3.26. The van der Waals surface area contributed by atoms with Gasteiger partial charge in [0.25, 0.3) is 11.6 Å². The van der Waals surface area contributed by atoms with Gasteiger partial charge < -0.3 is 11.1 Å². The van der Waals surface area contributed by atoms with Crippen LogP contribution in [0, 0.1) is 10.1 Å². The Kier molecular flexibility index (Phi) is 4.99. The number of anilines is 1. The lowest BCUT2D eigenvalue weighted by Gasteiger charge is -2.09.